The number of nitrogens with zero attached hydrogens (tertiary/aromatic N) is 2. The zero-order chi connectivity index (χ0) is 36.4. The zero-order valence-electron chi connectivity index (χ0n) is 31.1. The fourth-order valence-electron chi connectivity index (χ4n) is 9.23. The van der Waals surface area contributed by atoms with Gasteiger partial charge in [-0.25, -0.2) is 0 Å². The number of allylic oxidation sites excluding steroid dienone is 4. The predicted molar refractivity (Wildman–Crippen MR) is 225 cm³/mol. The highest BCUT2D eigenvalue weighted by Crippen LogP contribution is 2.52. The molecule has 6 aromatic carbocycles. The minimum Gasteiger partial charge on any atom is -0.347 e. The van der Waals surface area contributed by atoms with Gasteiger partial charge in [-0.05, 0) is 89.6 Å². The zero-order valence-corrected chi connectivity index (χ0v) is 31.9. The lowest BCUT2D eigenvalue weighted by Crippen LogP contribution is -2.35. The topological polar surface area (TPSA) is 6.25 Å². The van der Waals surface area contributed by atoms with Crippen LogP contribution < -0.4 is 4.90 Å². The van der Waals surface area contributed by atoms with E-state index in [1.807, 2.05) is 6.07 Å². The van der Waals surface area contributed by atoms with Crippen LogP contribution in [-0.4, -0.2) is 23.9 Å². The second-order valence-electron chi connectivity index (χ2n) is 15.1. The molecule has 6 aromatic rings. The quantitative estimate of drug-likeness (QED) is 0.121. The molecule has 53 heavy (non-hydrogen) atoms. The molecule has 3 heteroatoms. The molecule has 2 nitrogen and oxygen atoms in total. The summed E-state index contributed by atoms with van der Waals surface area (Å²) in [5.74, 6) is 0. The largest absolute Gasteiger partial charge is 0.347 e. The Labute approximate surface area is 320 Å². The average Bonchev–Trinajstić information content (AvgIpc) is 3.54. The van der Waals surface area contributed by atoms with Gasteiger partial charge >= 0.3 is 0 Å². The number of unbranched alkanes of at least 4 members (excludes halogenated alkanes) is 1. The molecule has 0 bridgehead atoms. The Hall–Kier alpha value is -5.18. The van der Waals surface area contributed by atoms with Crippen LogP contribution in [0.2, 0.25) is 5.02 Å². The van der Waals surface area contributed by atoms with Gasteiger partial charge in [-0.1, -0.05) is 146 Å². The molecule has 0 radical (unpaired) electrons. The van der Waals surface area contributed by atoms with Crippen LogP contribution in [0.25, 0.3) is 10.8 Å². The number of halogens is 1. The van der Waals surface area contributed by atoms with Crippen LogP contribution in [0.3, 0.4) is 0 Å². The van der Waals surface area contributed by atoms with Gasteiger partial charge in [-0.2, -0.15) is 4.58 Å². The molecule has 0 aromatic heterocycles. The summed E-state index contributed by atoms with van der Waals surface area (Å²) >= 11 is 6.82. The average molecular weight is 712 g/mol. The van der Waals surface area contributed by atoms with Crippen molar-refractivity contribution >= 4 is 39.5 Å². The number of fused-ring (bicyclic) bond motifs is 4. The summed E-state index contributed by atoms with van der Waals surface area (Å²) in [5, 5.41) is 3.41. The van der Waals surface area contributed by atoms with Crippen molar-refractivity contribution < 1.29 is 4.58 Å². The molecule has 0 N–H and O–H groups in total. The Balaban J connectivity index is 1.31. The SMILES string of the molecule is CCCC[N+]1=C(C=CC=C2N(C)c3ccc(Cl)cc3C2(Cc2ccccc2)Cc2ccccc2)C(C)(Cc2ccccc2)c2c1ccc1ccccc21. The lowest BCUT2D eigenvalue weighted by Gasteiger charge is -2.33. The van der Waals surface area contributed by atoms with E-state index in [-0.39, 0.29) is 10.8 Å². The number of hydrogen-bond acceptors (Lipinski definition) is 1. The Bertz CT molecular complexity index is 2300. The van der Waals surface area contributed by atoms with E-state index in [0.29, 0.717) is 0 Å². The van der Waals surface area contributed by atoms with Gasteiger partial charge in [0.25, 0.3) is 0 Å². The lowest BCUT2D eigenvalue weighted by molar-refractivity contribution is -0.438. The van der Waals surface area contributed by atoms with Crippen LogP contribution in [0, 0.1) is 0 Å². The van der Waals surface area contributed by atoms with Gasteiger partial charge in [0, 0.05) is 53.0 Å². The third-order valence-corrected chi connectivity index (χ3v) is 11.9. The summed E-state index contributed by atoms with van der Waals surface area (Å²) in [6, 6.07) is 53.0. The molecule has 0 spiro atoms. The number of rotatable bonds is 11. The van der Waals surface area contributed by atoms with E-state index >= 15 is 0 Å². The predicted octanol–water partition coefficient (Wildman–Crippen LogP) is 12.2. The molecule has 1 unspecified atom stereocenters. The maximum atomic E-state index is 6.82. The standard InChI is InChI=1S/C50H48ClN2/c1-4-5-32-53-45-30-28-40-24-15-16-25-42(40)48(45)49(2,34-37-18-9-6-10-19-37)46(53)26-17-27-47-50(35-38-20-11-7-12-21-38,36-39-22-13-8-14-23-39)43-33-41(51)29-31-44(43)52(47)3/h6-31,33H,4-5,32,34-36H2,1-3H3/q+1. The second-order valence-corrected chi connectivity index (χ2v) is 15.5. The van der Waals surface area contributed by atoms with Crippen molar-refractivity contribution in [3.63, 3.8) is 0 Å². The molecule has 0 amide bonds. The van der Waals surface area contributed by atoms with Crippen LogP contribution in [0.4, 0.5) is 11.4 Å². The fraction of sp³-hybridized carbons (Fsp3) is 0.220. The molecule has 0 fully saturated rings. The summed E-state index contributed by atoms with van der Waals surface area (Å²) in [4.78, 5) is 2.40. The molecule has 0 saturated heterocycles. The molecule has 2 aliphatic rings. The maximum absolute atomic E-state index is 6.82. The first kappa shape index (κ1) is 34.9. The van der Waals surface area contributed by atoms with E-state index in [0.717, 1.165) is 43.7 Å². The first-order chi connectivity index (χ1) is 25.9. The van der Waals surface area contributed by atoms with E-state index in [1.165, 1.54) is 61.4 Å². The summed E-state index contributed by atoms with van der Waals surface area (Å²) < 4.78 is 2.62. The minimum absolute atomic E-state index is 0.233. The summed E-state index contributed by atoms with van der Waals surface area (Å²) in [6.07, 6.45) is 12.1. The molecule has 2 heterocycles. The Kier molecular flexibility index (Phi) is 9.66. The van der Waals surface area contributed by atoms with E-state index < -0.39 is 0 Å². The smallest absolute Gasteiger partial charge is 0.210 e. The molecule has 0 aliphatic carbocycles. The van der Waals surface area contributed by atoms with Crippen LogP contribution in [0.1, 0.15) is 54.5 Å². The minimum atomic E-state index is -0.323. The molecule has 2 aliphatic heterocycles. The van der Waals surface area contributed by atoms with Gasteiger partial charge < -0.3 is 4.90 Å². The number of anilines is 1. The highest BCUT2D eigenvalue weighted by atomic mass is 35.5. The molecule has 1 atom stereocenters. The first-order valence-corrected chi connectivity index (χ1v) is 19.5. The molecule has 264 valence electrons. The Morgan fingerprint density at radius 1 is 0.698 bits per heavy atom. The van der Waals surface area contributed by atoms with Gasteiger partial charge in [0.1, 0.15) is 6.54 Å². The van der Waals surface area contributed by atoms with E-state index in [4.69, 9.17) is 11.6 Å². The third kappa shape index (κ3) is 6.44. The molecular formula is C50H48ClN2+. The second kappa shape index (κ2) is 14.7. The van der Waals surface area contributed by atoms with E-state index in [9.17, 15) is 0 Å². The summed E-state index contributed by atoms with van der Waals surface area (Å²) in [6.45, 7) is 5.75. The van der Waals surface area contributed by atoms with Crippen molar-refractivity contribution in [3.8, 4) is 0 Å². The Morgan fingerprint density at radius 3 is 1.94 bits per heavy atom. The highest BCUT2D eigenvalue weighted by molar-refractivity contribution is 6.30. The number of benzene rings is 6. The van der Waals surface area contributed by atoms with Crippen molar-refractivity contribution in [3.05, 3.63) is 202 Å². The van der Waals surface area contributed by atoms with E-state index in [1.54, 1.807) is 0 Å². The van der Waals surface area contributed by atoms with Crippen molar-refractivity contribution in [2.45, 2.75) is 56.8 Å². The van der Waals surface area contributed by atoms with Crippen molar-refractivity contribution in [1.29, 1.82) is 0 Å². The molecule has 0 saturated carbocycles. The van der Waals surface area contributed by atoms with Crippen molar-refractivity contribution in [2.24, 2.45) is 0 Å². The van der Waals surface area contributed by atoms with Gasteiger partial charge in [-0.3, -0.25) is 0 Å². The molecule has 8 rings (SSSR count). The fourth-order valence-corrected chi connectivity index (χ4v) is 9.40. The van der Waals surface area contributed by atoms with Gasteiger partial charge in [0.2, 0.25) is 5.69 Å². The highest BCUT2D eigenvalue weighted by Gasteiger charge is 2.49. The van der Waals surface area contributed by atoms with Crippen LogP contribution in [0.15, 0.2) is 170 Å². The van der Waals surface area contributed by atoms with Crippen LogP contribution in [-0.2, 0) is 30.1 Å². The maximum Gasteiger partial charge on any atom is 0.210 e. The van der Waals surface area contributed by atoms with Gasteiger partial charge in [-0.15, -0.1) is 0 Å². The van der Waals surface area contributed by atoms with Crippen LogP contribution >= 0.6 is 11.6 Å². The van der Waals surface area contributed by atoms with Crippen molar-refractivity contribution in [1.82, 2.24) is 0 Å². The Morgan fingerprint density at radius 2 is 1.30 bits per heavy atom. The summed E-state index contributed by atoms with van der Waals surface area (Å²) in [7, 11) is 2.22. The summed E-state index contributed by atoms with van der Waals surface area (Å²) in [5.41, 5.74) is 11.3. The van der Waals surface area contributed by atoms with Gasteiger partial charge in [0.05, 0.1) is 5.41 Å². The lowest BCUT2D eigenvalue weighted by atomic mass is 9.70. The number of hydrogen-bond donors (Lipinski definition) is 0. The van der Waals surface area contributed by atoms with E-state index in [2.05, 4.69) is 188 Å². The molecular weight excluding hydrogens is 664 g/mol. The van der Waals surface area contributed by atoms with Gasteiger partial charge in [0.15, 0.2) is 5.71 Å². The monoisotopic (exact) mass is 711 g/mol. The number of likely N-dealkylation sites (N-methyl/N-ethyl adjacent to an activating group) is 1. The first-order valence-electron chi connectivity index (χ1n) is 19.1. The normalized spacial score (nSPS) is 18.3. The third-order valence-electron chi connectivity index (χ3n) is 11.6. The van der Waals surface area contributed by atoms with Crippen molar-refractivity contribution in [2.75, 3.05) is 18.5 Å². The van der Waals surface area contributed by atoms with Crippen LogP contribution in [0.5, 0.6) is 0 Å².